The van der Waals surface area contributed by atoms with Gasteiger partial charge in [0.25, 0.3) is 5.91 Å². The predicted octanol–water partition coefficient (Wildman–Crippen LogP) is 1.58. The van der Waals surface area contributed by atoms with Crippen LogP contribution in [0.1, 0.15) is 10.4 Å². The maximum absolute atomic E-state index is 13.6. The van der Waals surface area contributed by atoms with Crippen molar-refractivity contribution >= 4 is 17.6 Å². The van der Waals surface area contributed by atoms with Gasteiger partial charge in [-0.15, -0.1) is 0 Å². The topological polar surface area (TPSA) is 65.5 Å². The fourth-order valence-corrected chi connectivity index (χ4v) is 2.79. The van der Waals surface area contributed by atoms with Crippen molar-refractivity contribution in [1.82, 2.24) is 15.2 Å². The molecule has 1 N–H and O–H groups in total. The van der Waals surface area contributed by atoms with Crippen molar-refractivity contribution in [3.8, 4) is 0 Å². The molecule has 1 aromatic heterocycles. The summed E-state index contributed by atoms with van der Waals surface area (Å²) in [6, 6.07) is 7.08. The molecule has 1 fully saturated rings. The summed E-state index contributed by atoms with van der Waals surface area (Å²) in [4.78, 5) is 32.0. The first-order valence-electron chi connectivity index (χ1n) is 8.33. The van der Waals surface area contributed by atoms with Gasteiger partial charge in [-0.2, -0.15) is 0 Å². The Balaban J connectivity index is 1.52. The number of halogens is 3. The molecule has 1 aromatic carbocycles. The van der Waals surface area contributed by atoms with Gasteiger partial charge in [0, 0.05) is 32.4 Å². The molecule has 1 saturated heterocycles. The lowest BCUT2D eigenvalue weighted by molar-refractivity contribution is -0.130. The van der Waals surface area contributed by atoms with Gasteiger partial charge in [-0.3, -0.25) is 9.59 Å². The van der Waals surface area contributed by atoms with E-state index in [1.807, 2.05) is 23.1 Å². The zero-order valence-electron chi connectivity index (χ0n) is 14.3. The smallest absolute Gasteiger partial charge is 0.254 e. The van der Waals surface area contributed by atoms with Gasteiger partial charge in [0.15, 0.2) is 17.5 Å². The van der Waals surface area contributed by atoms with E-state index in [4.69, 9.17) is 0 Å². The molecule has 2 amide bonds. The van der Waals surface area contributed by atoms with Crippen LogP contribution in [0.3, 0.4) is 0 Å². The third kappa shape index (κ3) is 4.18. The van der Waals surface area contributed by atoms with E-state index in [-0.39, 0.29) is 12.5 Å². The normalized spacial score (nSPS) is 14.2. The van der Waals surface area contributed by atoms with E-state index < -0.39 is 28.9 Å². The van der Waals surface area contributed by atoms with Gasteiger partial charge in [-0.25, -0.2) is 18.2 Å². The number of nitrogens with one attached hydrogen (secondary N) is 1. The number of nitrogens with zero attached hydrogens (tertiary/aromatic N) is 3. The minimum atomic E-state index is -1.72. The van der Waals surface area contributed by atoms with E-state index in [1.54, 1.807) is 11.1 Å². The molecule has 3 rings (SSSR count). The van der Waals surface area contributed by atoms with E-state index >= 15 is 0 Å². The van der Waals surface area contributed by atoms with Crippen molar-refractivity contribution in [2.45, 2.75) is 0 Å². The van der Waals surface area contributed by atoms with E-state index in [0.29, 0.717) is 32.2 Å². The van der Waals surface area contributed by atoms with Gasteiger partial charge in [-0.1, -0.05) is 6.07 Å². The molecule has 0 bridgehead atoms. The quantitative estimate of drug-likeness (QED) is 0.821. The molecule has 1 aliphatic rings. The van der Waals surface area contributed by atoms with Gasteiger partial charge in [0.2, 0.25) is 5.91 Å². The maximum Gasteiger partial charge on any atom is 0.254 e. The van der Waals surface area contributed by atoms with Crippen LogP contribution in [0.2, 0.25) is 0 Å². The molecular weight excluding hydrogens is 361 g/mol. The van der Waals surface area contributed by atoms with Gasteiger partial charge >= 0.3 is 0 Å². The van der Waals surface area contributed by atoms with Gasteiger partial charge < -0.3 is 15.1 Å². The van der Waals surface area contributed by atoms with E-state index in [1.165, 1.54) is 0 Å². The van der Waals surface area contributed by atoms with Gasteiger partial charge in [0.1, 0.15) is 5.82 Å². The highest BCUT2D eigenvalue weighted by molar-refractivity contribution is 5.96. The number of hydrogen-bond acceptors (Lipinski definition) is 4. The fourth-order valence-electron chi connectivity index (χ4n) is 2.79. The Labute approximate surface area is 153 Å². The Kier molecular flexibility index (Phi) is 5.58. The number of carbonyl (C=O) groups is 2. The second-order valence-electron chi connectivity index (χ2n) is 5.96. The van der Waals surface area contributed by atoms with Crippen molar-refractivity contribution in [3.05, 3.63) is 59.5 Å². The Morgan fingerprint density at radius 3 is 2.41 bits per heavy atom. The number of aromatic nitrogens is 1. The standard InChI is InChI=1S/C18H17F3N4O2/c19-13-5-4-12(16(20)17(13)21)18(27)23-11-15(26)25-9-7-24(8-10-25)14-3-1-2-6-22-14/h1-6H,7-11H2,(H,23,27). The number of pyridine rings is 1. The van der Waals surface area contributed by atoms with Crippen LogP contribution < -0.4 is 10.2 Å². The average molecular weight is 378 g/mol. The number of amides is 2. The lowest BCUT2D eigenvalue weighted by Crippen LogP contribution is -2.51. The third-order valence-electron chi connectivity index (χ3n) is 4.29. The molecule has 142 valence electrons. The van der Waals surface area contributed by atoms with Crippen LogP contribution in [0, 0.1) is 17.5 Å². The van der Waals surface area contributed by atoms with Crippen molar-refractivity contribution in [1.29, 1.82) is 0 Å². The Bertz CT molecular complexity index is 840. The van der Waals surface area contributed by atoms with Crippen molar-refractivity contribution < 1.29 is 22.8 Å². The lowest BCUT2D eigenvalue weighted by Gasteiger charge is -2.35. The minimum absolute atomic E-state index is 0.341. The summed E-state index contributed by atoms with van der Waals surface area (Å²) < 4.78 is 39.7. The molecule has 1 aliphatic heterocycles. The van der Waals surface area contributed by atoms with Crippen LogP contribution >= 0.6 is 0 Å². The Morgan fingerprint density at radius 1 is 1.00 bits per heavy atom. The molecular formula is C18H17F3N4O2. The fraction of sp³-hybridized carbons (Fsp3) is 0.278. The van der Waals surface area contributed by atoms with Crippen LogP contribution in [0.25, 0.3) is 0 Å². The summed E-state index contributed by atoms with van der Waals surface area (Å²) in [7, 11) is 0. The lowest BCUT2D eigenvalue weighted by atomic mass is 10.2. The number of benzene rings is 1. The van der Waals surface area contributed by atoms with Crippen LogP contribution in [0.15, 0.2) is 36.5 Å². The van der Waals surface area contributed by atoms with Crippen LogP contribution in [-0.4, -0.2) is 54.4 Å². The first kappa shape index (κ1) is 18.7. The summed E-state index contributed by atoms with van der Waals surface area (Å²) in [5.74, 6) is -5.18. The van der Waals surface area contributed by atoms with Crippen LogP contribution in [-0.2, 0) is 4.79 Å². The van der Waals surface area contributed by atoms with E-state index in [2.05, 4.69) is 10.3 Å². The van der Waals surface area contributed by atoms with Gasteiger partial charge in [-0.05, 0) is 24.3 Å². The Hall–Kier alpha value is -3.10. The SMILES string of the molecule is O=C(NCC(=O)N1CCN(c2ccccn2)CC1)c1ccc(F)c(F)c1F. The van der Waals surface area contributed by atoms with Crippen molar-refractivity contribution in [3.63, 3.8) is 0 Å². The summed E-state index contributed by atoms with van der Waals surface area (Å²) in [5, 5.41) is 2.24. The average Bonchev–Trinajstić information content (AvgIpc) is 2.71. The molecule has 2 heterocycles. The highest BCUT2D eigenvalue weighted by Gasteiger charge is 2.23. The second kappa shape index (κ2) is 8.07. The van der Waals surface area contributed by atoms with Crippen molar-refractivity contribution in [2.24, 2.45) is 0 Å². The largest absolute Gasteiger partial charge is 0.353 e. The Morgan fingerprint density at radius 2 is 1.74 bits per heavy atom. The third-order valence-corrected chi connectivity index (χ3v) is 4.29. The number of hydrogen-bond donors (Lipinski definition) is 1. The summed E-state index contributed by atoms with van der Waals surface area (Å²) >= 11 is 0. The molecule has 27 heavy (non-hydrogen) atoms. The zero-order chi connectivity index (χ0) is 19.4. The molecule has 0 atom stereocenters. The molecule has 0 unspecified atom stereocenters. The molecule has 6 nitrogen and oxygen atoms in total. The molecule has 2 aromatic rings. The highest BCUT2D eigenvalue weighted by atomic mass is 19.2. The molecule has 0 spiro atoms. The highest BCUT2D eigenvalue weighted by Crippen LogP contribution is 2.15. The molecule has 0 aliphatic carbocycles. The minimum Gasteiger partial charge on any atom is -0.353 e. The number of rotatable bonds is 4. The number of piperazine rings is 1. The number of anilines is 1. The van der Waals surface area contributed by atoms with Crippen LogP contribution in [0.4, 0.5) is 19.0 Å². The molecule has 9 heteroatoms. The van der Waals surface area contributed by atoms with E-state index in [0.717, 1.165) is 11.9 Å². The molecule has 0 saturated carbocycles. The van der Waals surface area contributed by atoms with Crippen LogP contribution in [0.5, 0.6) is 0 Å². The maximum atomic E-state index is 13.6. The monoisotopic (exact) mass is 378 g/mol. The predicted molar refractivity (Wildman–Crippen MR) is 91.7 cm³/mol. The summed E-state index contributed by atoms with van der Waals surface area (Å²) in [6.45, 7) is 1.72. The second-order valence-corrected chi connectivity index (χ2v) is 5.96. The van der Waals surface area contributed by atoms with E-state index in [9.17, 15) is 22.8 Å². The summed E-state index contributed by atoms with van der Waals surface area (Å²) in [5.41, 5.74) is -0.651. The first-order chi connectivity index (χ1) is 13.0. The molecule has 0 radical (unpaired) electrons. The number of carbonyl (C=O) groups excluding carboxylic acids is 2. The first-order valence-corrected chi connectivity index (χ1v) is 8.33. The zero-order valence-corrected chi connectivity index (χ0v) is 14.3. The van der Waals surface area contributed by atoms with Gasteiger partial charge in [0.05, 0.1) is 12.1 Å². The van der Waals surface area contributed by atoms with Crippen molar-refractivity contribution in [2.75, 3.05) is 37.6 Å². The summed E-state index contributed by atoms with van der Waals surface area (Å²) in [6.07, 6.45) is 1.69.